The molecule has 0 amide bonds. The molecule has 0 aromatic carbocycles. The van der Waals surface area contributed by atoms with E-state index in [0.717, 1.165) is 0 Å². The van der Waals surface area contributed by atoms with Crippen molar-refractivity contribution in [3.63, 3.8) is 0 Å². The molecule has 0 aliphatic carbocycles. The minimum atomic E-state index is -1.25. The summed E-state index contributed by atoms with van der Waals surface area (Å²) in [6, 6.07) is -0.466. The second kappa shape index (κ2) is 9.56. The minimum absolute atomic E-state index is 0.236. The summed E-state index contributed by atoms with van der Waals surface area (Å²) in [4.78, 5) is 0. The summed E-state index contributed by atoms with van der Waals surface area (Å²) >= 11 is 0. The van der Waals surface area contributed by atoms with E-state index in [1.165, 1.54) is 0 Å². The van der Waals surface area contributed by atoms with Crippen LogP contribution in [0.15, 0.2) is 0 Å². The number of hydrogen-bond acceptors (Lipinski definition) is 8. The van der Waals surface area contributed by atoms with Crippen molar-refractivity contribution in [2.75, 3.05) is 39.6 Å². The van der Waals surface area contributed by atoms with Gasteiger partial charge in [-0.15, -0.1) is 0 Å². The number of ether oxygens (including phenoxy) is 4. The Bertz CT molecular complexity index is 233. The molecule has 8 heteroatoms. The predicted octanol–water partition coefficient (Wildman–Crippen LogP) is -2.25. The molecule has 8 nitrogen and oxygen atoms in total. The molecule has 6 N–H and O–H groups in total. The van der Waals surface area contributed by atoms with E-state index in [9.17, 15) is 10.2 Å². The normalized spacial score (nSPS) is 31.6. The van der Waals surface area contributed by atoms with Gasteiger partial charge in [-0.25, -0.2) is 0 Å². The summed E-state index contributed by atoms with van der Waals surface area (Å²) in [5.41, 5.74) is 11.0. The summed E-state index contributed by atoms with van der Waals surface area (Å²) in [5, 5.41) is 18.6. The molecule has 0 radical (unpaired) electrons. The van der Waals surface area contributed by atoms with Crippen LogP contribution in [0.3, 0.4) is 0 Å². The Morgan fingerprint density at radius 1 is 1.05 bits per heavy atom. The second-order valence-corrected chi connectivity index (χ2v) is 4.25. The van der Waals surface area contributed by atoms with Crippen molar-refractivity contribution >= 4 is 0 Å². The lowest BCUT2D eigenvalue weighted by Gasteiger charge is -2.34. The zero-order valence-electron chi connectivity index (χ0n) is 10.9. The lowest BCUT2D eigenvalue weighted by Crippen LogP contribution is -2.52. The molecule has 114 valence electrons. The van der Waals surface area contributed by atoms with Crippen LogP contribution in [0.4, 0.5) is 0 Å². The first-order valence-corrected chi connectivity index (χ1v) is 6.39. The Kier molecular flexibility index (Phi) is 8.42. The van der Waals surface area contributed by atoms with Crippen molar-refractivity contribution in [2.24, 2.45) is 11.5 Å². The van der Waals surface area contributed by atoms with Gasteiger partial charge in [-0.1, -0.05) is 0 Å². The Morgan fingerprint density at radius 2 is 1.68 bits per heavy atom. The lowest BCUT2D eigenvalue weighted by atomic mass is 10.1. The van der Waals surface area contributed by atoms with Crippen molar-refractivity contribution in [1.29, 1.82) is 0 Å². The fourth-order valence-corrected chi connectivity index (χ4v) is 1.63. The van der Waals surface area contributed by atoms with Crippen LogP contribution in [-0.2, 0) is 18.9 Å². The average Bonchev–Trinajstić information content (AvgIpc) is 2.38. The first-order chi connectivity index (χ1) is 9.15. The van der Waals surface area contributed by atoms with E-state index in [2.05, 4.69) is 0 Å². The molecule has 1 heterocycles. The maximum Gasteiger partial charge on any atom is 0.184 e. The van der Waals surface area contributed by atoms with E-state index >= 15 is 0 Å². The van der Waals surface area contributed by atoms with Crippen LogP contribution < -0.4 is 11.5 Å². The number of aliphatic hydroxyl groups excluding tert-OH is 2. The molecule has 1 aliphatic rings. The Hall–Kier alpha value is -0.320. The van der Waals surface area contributed by atoms with Crippen LogP contribution in [-0.4, -0.2) is 74.5 Å². The first-order valence-electron chi connectivity index (χ1n) is 6.39. The first kappa shape index (κ1) is 16.7. The monoisotopic (exact) mass is 280 g/mol. The molecule has 4 unspecified atom stereocenters. The summed E-state index contributed by atoms with van der Waals surface area (Å²) in [7, 11) is 0. The van der Waals surface area contributed by atoms with Gasteiger partial charge in [0.2, 0.25) is 0 Å². The quantitative estimate of drug-likeness (QED) is 0.348. The SMILES string of the molecule is NCCOCCOCCOC1OC(O)C(O)CC1N. The van der Waals surface area contributed by atoms with Gasteiger partial charge in [0.1, 0.15) is 6.10 Å². The van der Waals surface area contributed by atoms with Crippen LogP contribution in [0.5, 0.6) is 0 Å². The summed E-state index contributed by atoms with van der Waals surface area (Å²) in [5.74, 6) is 0. The molecule has 1 aliphatic heterocycles. The van der Waals surface area contributed by atoms with Crippen molar-refractivity contribution in [3.8, 4) is 0 Å². The van der Waals surface area contributed by atoms with Crippen LogP contribution in [0, 0.1) is 0 Å². The maximum atomic E-state index is 9.32. The molecule has 0 saturated carbocycles. The topological polar surface area (TPSA) is 129 Å². The zero-order valence-corrected chi connectivity index (χ0v) is 10.9. The highest BCUT2D eigenvalue weighted by atomic mass is 16.7. The molecule has 0 aromatic heterocycles. The third kappa shape index (κ3) is 6.59. The third-order valence-electron chi connectivity index (χ3n) is 2.61. The van der Waals surface area contributed by atoms with Gasteiger partial charge in [-0.3, -0.25) is 0 Å². The summed E-state index contributed by atoms with van der Waals surface area (Å²) in [6.07, 6.45) is -2.71. The minimum Gasteiger partial charge on any atom is -0.388 e. The highest BCUT2D eigenvalue weighted by Crippen LogP contribution is 2.18. The van der Waals surface area contributed by atoms with E-state index in [4.69, 9.17) is 30.4 Å². The van der Waals surface area contributed by atoms with Crippen LogP contribution in [0.1, 0.15) is 6.42 Å². The summed E-state index contributed by atoms with van der Waals surface area (Å²) in [6.45, 7) is 2.62. The van der Waals surface area contributed by atoms with Crippen molar-refractivity contribution in [2.45, 2.75) is 31.1 Å². The van der Waals surface area contributed by atoms with Gasteiger partial charge in [0.05, 0.1) is 39.1 Å². The van der Waals surface area contributed by atoms with Gasteiger partial charge in [-0.2, -0.15) is 0 Å². The van der Waals surface area contributed by atoms with Gasteiger partial charge in [0.15, 0.2) is 12.6 Å². The highest BCUT2D eigenvalue weighted by Gasteiger charge is 2.34. The maximum absolute atomic E-state index is 9.32. The zero-order chi connectivity index (χ0) is 14.1. The van der Waals surface area contributed by atoms with E-state index in [1.54, 1.807) is 0 Å². The van der Waals surface area contributed by atoms with Crippen molar-refractivity contribution in [1.82, 2.24) is 0 Å². The molecule has 1 fully saturated rings. The van der Waals surface area contributed by atoms with E-state index in [1.807, 2.05) is 0 Å². The molecular formula is C11H24N2O6. The smallest absolute Gasteiger partial charge is 0.184 e. The molecule has 1 saturated heterocycles. The Balaban J connectivity index is 2.00. The molecule has 19 heavy (non-hydrogen) atoms. The molecule has 1 rings (SSSR count). The Labute approximate surface area is 112 Å². The molecule has 0 spiro atoms. The van der Waals surface area contributed by atoms with Gasteiger partial charge < -0.3 is 40.6 Å². The van der Waals surface area contributed by atoms with Crippen molar-refractivity contribution in [3.05, 3.63) is 0 Å². The van der Waals surface area contributed by atoms with E-state index in [0.29, 0.717) is 33.0 Å². The molecule has 4 atom stereocenters. The molecule has 0 aromatic rings. The second-order valence-electron chi connectivity index (χ2n) is 4.25. The Morgan fingerprint density at radius 3 is 2.37 bits per heavy atom. The largest absolute Gasteiger partial charge is 0.388 e. The summed E-state index contributed by atoms with van der Waals surface area (Å²) < 4.78 is 20.8. The lowest BCUT2D eigenvalue weighted by molar-refractivity contribution is -0.290. The van der Waals surface area contributed by atoms with Gasteiger partial charge >= 0.3 is 0 Å². The van der Waals surface area contributed by atoms with Crippen LogP contribution in [0.2, 0.25) is 0 Å². The fraction of sp³-hybridized carbons (Fsp3) is 1.00. The average molecular weight is 280 g/mol. The molecule has 0 bridgehead atoms. The van der Waals surface area contributed by atoms with Crippen molar-refractivity contribution < 1.29 is 29.2 Å². The predicted molar refractivity (Wildman–Crippen MR) is 66.1 cm³/mol. The van der Waals surface area contributed by atoms with Gasteiger partial charge in [0.25, 0.3) is 0 Å². The van der Waals surface area contributed by atoms with E-state index < -0.39 is 24.7 Å². The van der Waals surface area contributed by atoms with Crippen LogP contribution in [0.25, 0.3) is 0 Å². The standard InChI is InChI=1S/C11H24N2O6/c12-1-2-16-3-4-17-5-6-18-11-8(13)7-9(14)10(15)19-11/h8-11,14-15H,1-7,12-13H2. The number of rotatable bonds is 9. The highest BCUT2D eigenvalue weighted by molar-refractivity contribution is 4.78. The third-order valence-corrected chi connectivity index (χ3v) is 2.61. The van der Waals surface area contributed by atoms with Gasteiger partial charge in [0, 0.05) is 6.54 Å². The number of hydrogen-bond donors (Lipinski definition) is 4. The van der Waals surface area contributed by atoms with Gasteiger partial charge in [-0.05, 0) is 6.42 Å². The number of aliphatic hydroxyl groups is 2. The fourth-order valence-electron chi connectivity index (χ4n) is 1.63. The van der Waals surface area contributed by atoms with Crippen LogP contribution >= 0.6 is 0 Å². The van der Waals surface area contributed by atoms with E-state index in [-0.39, 0.29) is 13.0 Å². The number of nitrogens with two attached hydrogens (primary N) is 2. The molecular weight excluding hydrogens is 256 g/mol.